The lowest BCUT2D eigenvalue weighted by molar-refractivity contribution is 0.954. The lowest BCUT2D eigenvalue weighted by Gasteiger charge is -2.14. The van der Waals surface area contributed by atoms with Gasteiger partial charge in [-0.25, -0.2) is 9.97 Å². The van der Waals surface area contributed by atoms with Crippen LogP contribution in [0.2, 0.25) is 0 Å². The highest BCUT2D eigenvalue weighted by atomic mass is 32.1. The number of aromatic nitrogens is 6. The highest BCUT2D eigenvalue weighted by Gasteiger charge is 2.24. The van der Waals surface area contributed by atoms with Gasteiger partial charge in [0.2, 0.25) is 5.95 Å². The van der Waals surface area contributed by atoms with Crippen LogP contribution in [0.15, 0.2) is 218 Å². The van der Waals surface area contributed by atoms with Gasteiger partial charge in [0.1, 0.15) is 5.01 Å². The number of fused-ring (bicyclic) bond motifs is 8. The van der Waals surface area contributed by atoms with E-state index in [0.717, 1.165) is 87.0 Å². The Kier molecular flexibility index (Phi) is 8.60. The molecule has 0 saturated heterocycles. The summed E-state index contributed by atoms with van der Waals surface area (Å²) in [5.74, 6) is 1.71. The van der Waals surface area contributed by atoms with E-state index in [1.54, 1.807) is 11.3 Å². The first-order valence-corrected chi connectivity index (χ1v) is 22.5. The molecule has 0 bridgehead atoms. The highest BCUT2D eigenvalue weighted by molar-refractivity contribution is 7.22. The highest BCUT2D eigenvalue weighted by Crippen LogP contribution is 2.43. The normalized spacial score (nSPS) is 11.7. The molecule has 65 heavy (non-hydrogen) atoms. The summed E-state index contributed by atoms with van der Waals surface area (Å²) in [6.07, 6.45) is 0. The Morgan fingerprint density at radius 2 is 0.862 bits per heavy atom. The molecule has 4 aromatic heterocycles. The number of para-hydroxylation sites is 2. The smallest absolute Gasteiger partial charge is 0.238 e. The number of nitrogens with zero attached hydrogens (tertiary/aromatic N) is 6. The second-order valence-electron chi connectivity index (χ2n) is 16.2. The summed E-state index contributed by atoms with van der Waals surface area (Å²) < 4.78 is 5.70. The van der Waals surface area contributed by atoms with Gasteiger partial charge in [-0.3, -0.25) is 4.57 Å². The SMILES string of the molecule is c1ccc(-c2ccc(-n3c4ccccc4c4ccc5c6ccccc6n(-c6nc(-c7cccc(-c8ccccc8)c7)nc(-c7cccc8nc(-c9ccccc9)sc78)n6)c5c43)cc2)cc1. The fraction of sp³-hybridized carbons (Fsp3) is 0. The first-order valence-electron chi connectivity index (χ1n) is 21.7. The summed E-state index contributed by atoms with van der Waals surface area (Å²) in [5.41, 5.74) is 13.7. The first kappa shape index (κ1) is 37.1. The van der Waals surface area contributed by atoms with Gasteiger partial charge in [-0.15, -0.1) is 11.3 Å². The van der Waals surface area contributed by atoms with Crippen molar-refractivity contribution in [2.24, 2.45) is 0 Å². The largest absolute Gasteiger partial charge is 0.307 e. The summed E-state index contributed by atoms with van der Waals surface area (Å²) in [7, 11) is 0. The number of thiazole rings is 1. The van der Waals surface area contributed by atoms with E-state index in [4.69, 9.17) is 19.9 Å². The molecule has 0 atom stereocenters. The predicted octanol–water partition coefficient (Wildman–Crippen LogP) is 15.0. The van der Waals surface area contributed by atoms with Gasteiger partial charge in [0, 0.05) is 43.9 Å². The van der Waals surface area contributed by atoms with Gasteiger partial charge >= 0.3 is 0 Å². The fourth-order valence-electron chi connectivity index (χ4n) is 9.42. The van der Waals surface area contributed by atoms with E-state index in [2.05, 4.69) is 215 Å². The summed E-state index contributed by atoms with van der Waals surface area (Å²) >= 11 is 1.66. The van der Waals surface area contributed by atoms with Gasteiger partial charge in [-0.2, -0.15) is 9.97 Å². The summed E-state index contributed by atoms with van der Waals surface area (Å²) in [6.45, 7) is 0. The molecular weight excluding hydrogens is 813 g/mol. The van der Waals surface area contributed by atoms with Crippen molar-refractivity contribution in [1.82, 2.24) is 29.1 Å². The molecule has 0 fully saturated rings. The maximum Gasteiger partial charge on any atom is 0.238 e. The third kappa shape index (κ3) is 6.16. The van der Waals surface area contributed by atoms with Gasteiger partial charge in [0.05, 0.1) is 32.3 Å². The van der Waals surface area contributed by atoms with Crippen molar-refractivity contribution in [1.29, 1.82) is 0 Å². The molecular formula is C58H36N6S. The van der Waals surface area contributed by atoms with Gasteiger partial charge in [-0.05, 0) is 64.7 Å². The van der Waals surface area contributed by atoms with Crippen molar-refractivity contribution in [3.8, 4) is 67.2 Å². The average molecular weight is 849 g/mol. The minimum Gasteiger partial charge on any atom is -0.307 e. The van der Waals surface area contributed by atoms with E-state index >= 15 is 0 Å². The molecule has 13 rings (SSSR count). The summed E-state index contributed by atoms with van der Waals surface area (Å²) in [4.78, 5) is 21.4. The van der Waals surface area contributed by atoms with Crippen LogP contribution in [-0.4, -0.2) is 29.1 Å². The Morgan fingerprint density at radius 1 is 0.338 bits per heavy atom. The lowest BCUT2D eigenvalue weighted by Crippen LogP contribution is -2.07. The number of rotatable bonds is 7. The van der Waals surface area contributed by atoms with Gasteiger partial charge in [0.15, 0.2) is 11.6 Å². The molecule has 4 heterocycles. The van der Waals surface area contributed by atoms with Crippen LogP contribution in [0.5, 0.6) is 0 Å². The number of benzene rings is 9. The zero-order valence-electron chi connectivity index (χ0n) is 34.9. The third-order valence-electron chi connectivity index (χ3n) is 12.4. The predicted molar refractivity (Wildman–Crippen MR) is 269 cm³/mol. The molecule has 0 aliphatic heterocycles. The number of hydrogen-bond acceptors (Lipinski definition) is 5. The Bertz CT molecular complexity index is 3930. The van der Waals surface area contributed by atoms with Crippen LogP contribution in [0.3, 0.4) is 0 Å². The third-order valence-corrected chi connectivity index (χ3v) is 13.6. The number of hydrogen-bond donors (Lipinski definition) is 0. The summed E-state index contributed by atoms with van der Waals surface area (Å²) in [6, 6.07) is 76.8. The van der Waals surface area contributed by atoms with Crippen molar-refractivity contribution in [3.05, 3.63) is 218 Å². The standard InChI is InChI=1S/C58H36N6S/c1-4-16-37(17-5-1)39-30-32-43(33-31-39)63-50-28-12-10-24-44(50)46-34-35-47-45-25-11-13-29-51(45)64(53(47)52(46)63)58-61-55(42-23-14-22-41(36-42)38-18-6-2-7-19-38)60-56(62-58)48-26-15-27-49-54(48)65-57(59-49)40-20-8-3-9-21-40/h1-36H. The molecule has 0 saturated carbocycles. The lowest BCUT2D eigenvalue weighted by atomic mass is 10.0. The van der Waals surface area contributed by atoms with Crippen molar-refractivity contribution < 1.29 is 0 Å². The van der Waals surface area contributed by atoms with Crippen LogP contribution in [0.4, 0.5) is 0 Å². The Morgan fingerprint density at radius 3 is 1.55 bits per heavy atom. The molecule has 304 valence electrons. The van der Waals surface area contributed by atoms with Crippen molar-refractivity contribution >= 4 is 65.2 Å². The minimum atomic E-state index is 0.537. The van der Waals surface area contributed by atoms with E-state index in [9.17, 15) is 0 Å². The summed E-state index contributed by atoms with van der Waals surface area (Å²) in [5, 5.41) is 5.51. The van der Waals surface area contributed by atoms with Crippen LogP contribution in [0, 0.1) is 0 Å². The van der Waals surface area contributed by atoms with E-state index in [-0.39, 0.29) is 0 Å². The molecule has 0 aliphatic rings. The molecule has 0 N–H and O–H groups in total. The van der Waals surface area contributed by atoms with Crippen molar-refractivity contribution in [3.63, 3.8) is 0 Å². The van der Waals surface area contributed by atoms with Crippen LogP contribution in [-0.2, 0) is 0 Å². The van der Waals surface area contributed by atoms with Crippen LogP contribution in [0.25, 0.3) is 121 Å². The van der Waals surface area contributed by atoms with E-state index in [1.165, 1.54) is 16.5 Å². The second-order valence-corrected chi connectivity index (χ2v) is 17.2. The van der Waals surface area contributed by atoms with E-state index in [1.807, 2.05) is 12.1 Å². The molecule has 0 radical (unpaired) electrons. The first-order chi connectivity index (χ1) is 32.2. The molecule has 0 spiro atoms. The molecule has 7 heteroatoms. The zero-order chi connectivity index (χ0) is 42.8. The van der Waals surface area contributed by atoms with Crippen LogP contribution in [0.1, 0.15) is 0 Å². The van der Waals surface area contributed by atoms with Crippen molar-refractivity contribution in [2.45, 2.75) is 0 Å². The molecule has 0 unspecified atom stereocenters. The quantitative estimate of drug-likeness (QED) is 0.160. The molecule has 0 aliphatic carbocycles. The average Bonchev–Trinajstić information content (AvgIpc) is 4.08. The Balaban J connectivity index is 1.11. The molecule has 6 nitrogen and oxygen atoms in total. The van der Waals surface area contributed by atoms with Gasteiger partial charge in [-0.1, -0.05) is 176 Å². The van der Waals surface area contributed by atoms with E-state index in [0.29, 0.717) is 17.6 Å². The topological polar surface area (TPSA) is 61.4 Å². The zero-order valence-corrected chi connectivity index (χ0v) is 35.7. The molecule has 13 aromatic rings. The van der Waals surface area contributed by atoms with Crippen LogP contribution >= 0.6 is 11.3 Å². The van der Waals surface area contributed by atoms with Crippen molar-refractivity contribution in [2.75, 3.05) is 0 Å². The fourth-order valence-corrected chi connectivity index (χ4v) is 10.5. The Hall–Kier alpha value is -8.52. The Labute approximate surface area is 378 Å². The molecule has 0 amide bonds. The van der Waals surface area contributed by atoms with E-state index < -0.39 is 0 Å². The maximum atomic E-state index is 5.50. The maximum absolute atomic E-state index is 5.50. The minimum absolute atomic E-state index is 0.537. The van der Waals surface area contributed by atoms with Crippen LogP contribution < -0.4 is 0 Å². The molecule has 9 aromatic carbocycles. The second kappa shape index (κ2) is 15.1. The monoisotopic (exact) mass is 848 g/mol. The van der Waals surface area contributed by atoms with Gasteiger partial charge < -0.3 is 4.57 Å². The van der Waals surface area contributed by atoms with Gasteiger partial charge in [0.25, 0.3) is 0 Å².